The molecule has 0 aliphatic heterocycles. The van der Waals surface area contributed by atoms with Crippen LogP contribution in [0.1, 0.15) is 5.76 Å². The van der Waals surface area contributed by atoms with Crippen LogP contribution in [0.2, 0.25) is 5.15 Å². The fraction of sp³-hybridized carbons (Fsp3) is 0.0769. The van der Waals surface area contributed by atoms with Gasteiger partial charge < -0.3 is 20.9 Å². The van der Waals surface area contributed by atoms with Crippen LogP contribution >= 0.6 is 11.6 Å². The second kappa shape index (κ2) is 5.86. The van der Waals surface area contributed by atoms with E-state index in [-0.39, 0.29) is 0 Å². The summed E-state index contributed by atoms with van der Waals surface area (Å²) in [5.41, 5.74) is 6.98. The van der Waals surface area contributed by atoms with E-state index in [1.807, 2.05) is 0 Å². The summed E-state index contributed by atoms with van der Waals surface area (Å²) < 4.78 is 4.98. The van der Waals surface area contributed by atoms with Gasteiger partial charge >= 0.3 is 0 Å². The van der Waals surface area contributed by atoms with Crippen LogP contribution < -0.4 is 16.4 Å². The molecular weight excluding hydrogens is 306 g/mol. The Bertz CT molecular complexity index is 805. The molecule has 0 aliphatic rings. The van der Waals surface area contributed by atoms with Crippen LogP contribution in [0.3, 0.4) is 0 Å². The predicted octanol–water partition coefficient (Wildman–Crippen LogP) is 2.89. The molecule has 4 N–H and O–H groups in total. The van der Waals surface area contributed by atoms with Crippen LogP contribution in [-0.2, 0) is 0 Å². The highest BCUT2D eigenvalue weighted by atomic mass is 35.5. The van der Waals surface area contributed by atoms with Crippen molar-refractivity contribution in [1.29, 1.82) is 0 Å². The van der Waals surface area contributed by atoms with Gasteiger partial charge in [-0.3, -0.25) is 0 Å². The quantitative estimate of drug-likeness (QED) is 0.629. The van der Waals surface area contributed by atoms with E-state index in [4.69, 9.17) is 21.9 Å². The van der Waals surface area contributed by atoms with Gasteiger partial charge in [-0.15, -0.1) is 0 Å². The first-order chi connectivity index (χ1) is 10.6. The Morgan fingerprint density at radius 3 is 2.64 bits per heavy atom. The summed E-state index contributed by atoms with van der Waals surface area (Å²) in [4.78, 5) is 12.2. The number of aromatic nitrogens is 4. The average Bonchev–Trinajstić information content (AvgIpc) is 2.91. The van der Waals surface area contributed by atoms with E-state index >= 15 is 0 Å². The summed E-state index contributed by atoms with van der Waals surface area (Å²) >= 11 is 6.00. The Labute approximate surface area is 130 Å². The maximum atomic E-state index is 6.06. The van der Waals surface area contributed by atoms with Gasteiger partial charge in [0.2, 0.25) is 0 Å². The fourth-order valence-corrected chi connectivity index (χ4v) is 1.91. The highest BCUT2D eigenvalue weighted by molar-refractivity contribution is 6.32. The smallest absolute Gasteiger partial charge is 0.175 e. The molecule has 112 valence electrons. The van der Waals surface area contributed by atoms with Crippen molar-refractivity contribution < 1.29 is 4.52 Å². The minimum Gasteiger partial charge on any atom is -0.393 e. The predicted molar refractivity (Wildman–Crippen MR) is 83.5 cm³/mol. The summed E-state index contributed by atoms with van der Waals surface area (Å²) in [5.74, 6) is 2.00. The SMILES string of the molecule is Cc1cc(Nc2ncnc(Nc3cccnc3Cl)c2N)no1. The van der Waals surface area contributed by atoms with Crippen LogP contribution in [-0.4, -0.2) is 20.1 Å². The molecule has 3 aromatic heterocycles. The van der Waals surface area contributed by atoms with E-state index in [1.54, 1.807) is 31.3 Å². The van der Waals surface area contributed by atoms with E-state index in [2.05, 4.69) is 30.7 Å². The van der Waals surface area contributed by atoms with Gasteiger partial charge in [0.1, 0.15) is 17.8 Å². The van der Waals surface area contributed by atoms with E-state index < -0.39 is 0 Å². The van der Waals surface area contributed by atoms with Crippen molar-refractivity contribution in [2.24, 2.45) is 0 Å². The lowest BCUT2D eigenvalue weighted by atomic mass is 10.3. The molecule has 0 saturated carbocycles. The zero-order valence-corrected chi connectivity index (χ0v) is 12.3. The molecule has 8 nitrogen and oxygen atoms in total. The number of rotatable bonds is 4. The molecule has 0 spiro atoms. The first-order valence-corrected chi connectivity index (χ1v) is 6.69. The van der Waals surface area contributed by atoms with E-state index in [0.29, 0.717) is 39.7 Å². The van der Waals surface area contributed by atoms with Gasteiger partial charge in [-0.05, 0) is 19.1 Å². The summed E-state index contributed by atoms with van der Waals surface area (Å²) in [6, 6.07) is 5.25. The molecule has 0 radical (unpaired) electrons. The molecule has 3 heterocycles. The summed E-state index contributed by atoms with van der Waals surface area (Å²) in [6.07, 6.45) is 2.97. The lowest BCUT2D eigenvalue weighted by Crippen LogP contribution is -2.05. The van der Waals surface area contributed by atoms with E-state index in [1.165, 1.54) is 6.33 Å². The number of hydrogen-bond acceptors (Lipinski definition) is 8. The third-order valence-corrected chi connectivity index (χ3v) is 3.07. The Kier molecular flexibility index (Phi) is 3.75. The van der Waals surface area contributed by atoms with Gasteiger partial charge in [0.15, 0.2) is 22.6 Å². The van der Waals surface area contributed by atoms with Crippen LogP contribution in [0.5, 0.6) is 0 Å². The molecular formula is C13H12ClN7O. The molecule has 0 atom stereocenters. The topological polar surface area (TPSA) is 115 Å². The maximum absolute atomic E-state index is 6.06. The lowest BCUT2D eigenvalue weighted by Gasteiger charge is -2.11. The molecule has 9 heteroatoms. The number of nitrogen functional groups attached to an aromatic ring is 1. The second-order valence-corrected chi connectivity index (χ2v) is 4.76. The monoisotopic (exact) mass is 317 g/mol. The van der Waals surface area contributed by atoms with Crippen molar-refractivity contribution in [3.8, 4) is 0 Å². The van der Waals surface area contributed by atoms with Gasteiger partial charge in [-0.2, -0.15) is 0 Å². The third kappa shape index (κ3) is 2.91. The average molecular weight is 318 g/mol. The number of aryl methyl sites for hydroxylation is 1. The molecule has 0 unspecified atom stereocenters. The molecule has 0 amide bonds. The number of nitrogens with zero attached hydrogens (tertiary/aromatic N) is 4. The van der Waals surface area contributed by atoms with Gasteiger partial charge in [0.25, 0.3) is 0 Å². The third-order valence-electron chi connectivity index (χ3n) is 2.77. The minimum atomic E-state index is 0.321. The molecule has 0 bridgehead atoms. The highest BCUT2D eigenvalue weighted by Crippen LogP contribution is 2.29. The first kappa shape index (κ1) is 14.1. The van der Waals surface area contributed by atoms with Crippen LogP contribution in [0.4, 0.5) is 28.8 Å². The van der Waals surface area contributed by atoms with Crippen molar-refractivity contribution in [2.45, 2.75) is 6.92 Å². The van der Waals surface area contributed by atoms with E-state index in [9.17, 15) is 0 Å². The molecule has 0 saturated heterocycles. The number of nitrogens with one attached hydrogen (secondary N) is 2. The molecule has 0 fully saturated rings. The number of nitrogens with two attached hydrogens (primary N) is 1. The molecule has 0 aliphatic carbocycles. The van der Waals surface area contributed by atoms with Gasteiger partial charge in [0, 0.05) is 12.3 Å². The Morgan fingerprint density at radius 2 is 1.95 bits per heavy atom. The largest absolute Gasteiger partial charge is 0.393 e. The number of hydrogen-bond donors (Lipinski definition) is 3. The Morgan fingerprint density at radius 1 is 1.18 bits per heavy atom. The molecule has 3 rings (SSSR count). The fourth-order valence-electron chi connectivity index (χ4n) is 1.75. The van der Waals surface area contributed by atoms with Crippen molar-refractivity contribution in [1.82, 2.24) is 20.1 Å². The van der Waals surface area contributed by atoms with Gasteiger partial charge in [-0.1, -0.05) is 16.8 Å². The van der Waals surface area contributed by atoms with Crippen LogP contribution in [0, 0.1) is 6.92 Å². The molecule has 3 aromatic rings. The number of anilines is 5. The van der Waals surface area contributed by atoms with Crippen molar-refractivity contribution >= 4 is 40.4 Å². The zero-order valence-electron chi connectivity index (χ0n) is 11.5. The van der Waals surface area contributed by atoms with Crippen LogP contribution in [0.15, 0.2) is 35.2 Å². The maximum Gasteiger partial charge on any atom is 0.175 e. The van der Waals surface area contributed by atoms with Gasteiger partial charge in [0.05, 0.1) is 5.69 Å². The Balaban J connectivity index is 1.87. The highest BCUT2D eigenvalue weighted by Gasteiger charge is 2.11. The molecule has 22 heavy (non-hydrogen) atoms. The Hall–Kier alpha value is -2.87. The normalized spacial score (nSPS) is 10.5. The second-order valence-electron chi connectivity index (χ2n) is 4.40. The van der Waals surface area contributed by atoms with Crippen LogP contribution in [0.25, 0.3) is 0 Å². The summed E-state index contributed by atoms with van der Waals surface area (Å²) in [6.45, 7) is 1.79. The zero-order chi connectivity index (χ0) is 15.5. The summed E-state index contributed by atoms with van der Waals surface area (Å²) in [7, 11) is 0. The van der Waals surface area contributed by atoms with Crippen molar-refractivity contribution in [3.05, 3.63) is 41.6 Å². The number of pyridine rings is 1. The van der Waals surface area contributed by atoms with Crippen molar-refractivity contribution in [2.75, 3.05) is 16.4 Å². The molecule has 0 aromatic carbocycles. The minimum absolute atomic E-state index is 0.321. The van der Waals surface area contributed by atoms with Gasteiger partial charge in [-0.25, -0.2) is 15.0 Å². The first-order valence-electron chi connectivity index (χ1n) is 6.32. The van der Waals surface area contributed by atoms with Crippen molar-refractivity contribution in [3.63, 3.8) is 0 Å². The van der Waals surface area contributed by atoms with E-state index in [0.717, 1.165) is 0 Å². The summed E-state index contributed by atoms with van der Waals surface area (Å²) in [5, 5.41) is 10.1. The lowest BCUT2D eigenvalue weighted by molar-refractivity contribution is 0.400. The standard InChI is InChI=1S/C13H12ClN7O/c1-7-5-9(21-22-7)20-13-10(15)12(17-6-18-13)19-8-3-2-4-16-11(8)14/h2-6H,15H2,1H3,(H2,17,18,19,20,21). The number of halogens is 1.